The molecule has 0 aromatic carbocycles. The second kappa shape index (κ2) is 7.00. The van der Waals surface area contributed by atoms with Crippen LogP contribution in [0, 0.1) is 5.92 Å². The molecule has 1 aliphatic carbocycles. The van der Waals surface area contributed by atoms with Crippen LogP contribution in [0.25, 0.3) is 0 Å². The average Bonchev–Trinajstić information content (AvgIpc) is 2.31. The van der Waals surface area contributed by atoms with E-state index in [2.05, 4.69) is 10.6 Å². The summed E-state index contributed by atoms with van der Waals surface area (Å²) in [5, 5.41) is 6.54. The van der Waals surface area contributed by atoms with Gasteiger partial charge in [0.25, 0.3) is 0 Å². The monoisotopic (exact) mass is 238 g/mol. The van der Waals surface area contributed by atoms with Crippen molar-refractivity contribution in [2.75, 3.05) is 13.1 Å². The molecule has 2 rings (SSSR count). The van der Waals surface area contributed by atoms with E-state index in [1.807, 2.05) is 0 Å². The van der Waals surface area contributed by atoms with Crippen molar-refractivity contribution in [1.29, 1.82) is 0 Å². The smallest absolute Gasteiger partial charge is 0.220 e. The van der Waals surface area contributed by atoms with Crippen LogP contribution in [0.5, 0.6) is 0 Å². The van der Waals surface area contributed by atoms with Crippen LogP contribution in [-0.2, 0) is 4.79 Å². The summed E-state index contributed by atoms with van der Waals surface area (Å²) in [4.78, 5) is 11.6. The number of hydrogen-bond donors (Lipinski definition) is 2. The lowest BCUT2D eigenvalue weighted by Crippen LogP contribution is -2.35. The molecule has 0 aromatic heterocycles. The maximum absolute atomic E-state index is 11.6. The number of hydrogen-bond acceptors (Lipinski definition) is 2. The van der Waals surface area contributed by atoms with Crippen LogP contribution in [0.3, 0.4) is 0 Å². The van der Waals surface area contributed by atoms with Gasteiger partial charge < -0.3 is 10.6 Å². The molecule has 0 bridgehead atoms. The molecule has 2 fully saturated rings. The minimum Gasteiger partial charge on any atom is -0.356 e. The van der Waals surface area contributed by atoms with Gasteiger partial charge >= 0.3 is 0 Å². The summed E-state index contributed by atoms with van der Waals surface area (Å²) in [6.07, 6.45) is 10.9. The van der Waals surface area contributed by atoms with E-state index in [0.717, 1.165) is 25.4 Å². The van der Waals surface area contributed by atoms with E-state index < -0.39 is 0 Å². The summed E-state index contributed by atoms with van der Waals surface area (Å²) in [6.45, 7) is 2.02. The number of nitrogens with one attached hydrogen (secondary N) is 2. The second-order valence-corrected chi connectivity index (χ2v) is 5.62. The Morgan fingerprint density at radius 1 is 1.12 bits per heavy atom. The lowest BCUT2D eigenvalue weighted by Gasteiger charge is -2.25. The van der Waals surface area contributed by atoms with E-state index in [0.29, 0.717) is 12.5 Å². The quantitative estimate of drug-likeness (QED) is 0.745. The van der Waals surface area contributed by atoms with Crippen molar-refractivity contribution in [3.63, 3.8) is 0 Å². The maximum Gasteiger partial charge on any atom is 0.220 e. The first-order chi connectivity index (χ1) is 8.34. The van der Waals surface area contributed by atoms with E-state index >= 15 is 0 Å². The molecule has 1 saturated heterocycles. The van der Waals surface area contributed by atoms with Crippen molar-refractivity contribution in [3.05, 3.63) is 0 Å². The molecule has 98 valence electrons. The fraction of sp³-hybridized carbons (Fsp3) is 0.929. The Bertz CT molecular complexity index is 232. The zero-order valence-corrected chi connectivity index (χ0v) is 10.8. The molecule has 0 spiro atoms. The minimum atomic E-state index is 0.247. The van der Waals surface area contributed by atoms with Gasteiger partial charge in [-0.05, 0) is 38.1 Å². The SMILES string of the molecule is O=C(CCC1CCCCN1)NCCC1CCC1. The molecule has 2 N–H and O–H groups in total. The molecule has 3 heteroatoms. The maximum atomic E-state index is 11.6. The molecule has 1 amide bonds. The first kappa shape index (κ1) is 12.9. The molecule has 1 aliphatic heterocycles. The van der Waals surface area contributed by atoms with Gasteiger partial charge in [-0.2, -0.15) is 0 Å². The summed E-state index contributed by atoms with van der Waals surface area (Å²) in [5.41, 5.74) is 0. The fourth-order valence-corrected chi connectivity index (χ4v) is 2.76. The molecule has 0 aromatic rings. The molecule has 17 heavy (non-hydrogen) atoms. The molecule has 1 unspecified atom stereocenters. The van der Waals surface area contributed by atoms with Gasteiger partial charge in [0, 0.05) is 19.0 Å². The molecule has 2 aliphatic rings. The van der Waals surface area contributed by atoms with E-state index in [9.17, 15) is 4.79 Å². The Kier molecular flexibility index (Phi) is 5.30. The highest BCUT2D eigenvalue weighted by atomic mass is 16.1. The zero-order chi connectivity index (χ0) is 11.9. The lowest BCUT2D eigenvalue weighted by molar-refractivity contribution is -0.121. The Morgan fingerprint density at radius 3 is 2.65 bits per heavy atom. The predicted molar refractivity (Wildman–Crippen MR) is 69.8 cm³/mol. The van der Waals surface area contributed by atoms with E-state index in [1.54, 1.807) is 0 Å². The number of rotatable bonds is 6. The van der Waals surface area contributed by atoms with Crippen LogP contribution < -0.4 is 10.6 Å². The average molecular weight is 238 g/mol. The van der Waals surface area contributed by atoms with Gasteiger partial charge in [0.05, 0.1) is 0 Å². The van der Waals surface area contributed by atoms with Gasteiger partial charge in [-0.15, -0.1) is 0 Å². The number of carbonyl (C=O) groups is 1. The topological polar surface area (TPSA) is 41.1 Å². The van der Waals surface area contributed by atoms with Crippen LogP contribution in [0.4, 0.5) is 0 Å². The molecular formula is C14H26N2O. The third-order valence-corrected chi connectivity index (χ3v) is 4.23. The molecular weight excluding hydrogens is 212 g/mol. The van der Waals surface area contributed by atoms with Crippen molar-refractivity contribution in [2.45, 2.75) is 63.8 Å². The van der Waals surface area contributed by atoms with Crippen LogP contribution in [0.15, 0.2) is 0 Å². The number of piperidine rings is 1. The van der Waals surface area contributed by atoms with Gasteiger partial charge in [0.15, 0.2) is 0 Å². The third-order valence-electron chi connectivity index (χ3n) is 4.23. The lowest BCUT2D eigenvalue weighted by atomic mass is 9.83. The van der Waals surface area contributed by atoms with Crippen molar-refractivity contribution < 1.29 is 4.79 Å². The molecule has 1 saturated carbocycles. The summed E-state index contributed by atoms with van der Waals surface area (Å²) >= 11 is 0. The van der Waals surface area contributed by atoms with Gasteiger partial charge in [0.2, 0.25) is 5.91 Å². The minimum absolute atomic E-state index is 0.247. The highest BCUT2D eigenvalue weighted by Gasteiger charge is 2.17. The standard InChI is InChI=1S/C14H26N2O/c17-14(16-11-9-12-4-3-5-12)8-7-13-6-1-2-10-15-13/h12-13,15H,1-11H2,(H,16,17). The Morgan fingerprint density at radius 2 is 2.00 bits per heavy atom. The molecule has 3 nitrogen and oxygen atoms in total. The highest BCUT2D eigenvalue weighted by Crippen LogP contribution is 2.28. The fourth-order valence-electron chi connectivity index (χ4n) is 2.76. The number of amides is 1. The van der Waals surface area contributed by atoms with Gasteiger partial charge in [-0.1, -0.05) is 25.7 Å². The van der Waals surface area contributed by atoms with Gasteiger partial charge in [-0.25, -0.2) is 0 Å². The predicted octanol–water partition coefficient (Wildman–Crippen LogP) is 2.22. The van der Waals surface area contributed by atoms with Crippen molar-refractivity contribution >= 4 is 5.91 Å². The van der Waals surface area contributed by atoms with E-state index in [-0.39, 0.29) is 5.91 Å². The molecule has 1 heterocycles. The number of carbonyl (C=O) groups excluding carboxylic acids is 1. The highest BCUT2D eigenvalue weighted by molar-refractivity contribution is 5.75. The third kappa shape index (κ3) is 4.66. The summed E-state index contributed by atoms with van der Waals surface area (Å²) in [5.74, 6) is 1.15. The Hall–Kier alpha value is -0.570. The molecule has 0 radical (unpaired) electrons. The van der Waals surface area contributed by atoms with Crippen molar-refractivity contribution in [3.8, 4) is 0 Å². The Labute approximate surface area is 105 Å². The zero-order valence-electron chi connectivity index (χ0n) is 10.8. The first-order valence-electron chi connectivity index (χ1n) is 7.34. The van der Waals surface area contributed by atoms with Crippen molar-refractivity contribution in [1.82, 2.24) is 10.6 Å². The second-order valence-electron chi connectivity index (χ2n) is 5.62. The van der Waals surface area contributed by atoms with Crippen LogP contribution in [0.2, 0.25) is 0 Å². The van der Waals surface area contributed by atoms with Crippen LogP contribution >= 0.6 is 0 Å². The normalized spacial score (nSPS) is 25.3. The largest absolute Gasteiger partial charge is 0.356 e. The van der Waals surface area contributed by atoms with Crippen molar-refractivity contribution in [2.24, 2.45) is 5.92 Å². The summed E-state index contributed by atoms with van der Waals surface area (Å²) < 4.78 is 0. The van der Waals surface area contributed by atoms with Gasteiger partial charge in [0.1, 0.15) is 0 Å². The van der Waals surface area contributed by atoms with Crippen LogP contribution in [0.1, 0.15) is 57.8 Å². The summed E-state index contributed by atoms with van der Waals surface area (Å²) in [7, 11) is 0. The van der Waals surface area contributed by atoms with Gasteiger partial charge in [-0.3, -0.25) is 4.79 Å². The Balaban J connectivity index is 1.47. The first-order valence-corrected chi connectivity index (χ1v) is 7.34. The van der Waals surface area contributed by atoms with E-state index in [4.69, 9.17) is 0 Å². The van der Waals surface area contributed by atoms with E-state index in [1.165, 1.54) is 44.9 Å². The van der Waals surface area contributed by atoms with Crippen LogP contribution in [-0.4, -0.2) is 25.0 Å². The summed E-state index contributed by atoms with van der Waals surface area (Å²) in [6, 6.07) is 0.584. The molecule has 1 atom stereocenters.